The lowest BCUT2D eigenvalue weighted by Crippen LogP contribution is -1.92. The predicted molar refractivity (Wildman–Crippen MR) is 79.5 cm³/mol. The topological polar surface area (TPSA) is 90.0 Å². The number of hydrogen-bond donors (Lipinski definition) is 2. The maximum absolute atomic E-state index is 14.3. The van der Waals surface area contributed by atoms with Gasteiger partial charge in [0.25, 0.3) is 0 Å². The molecule has 3 unspecified atom stereocenters. The lowest BCUT2D eigenvalue weighted by atomic mass is 11.7. The number of halogens is 7. The first-order valence-electron chi connectivity index (χ1n) is 4.89. The van der Waals surface area contributed by atoms with Gasteiger partial charge in [-0.1, -0.05) is 0 Å². The van der Waals surface area contributed by atoms with Gasteiger partial charge in [-0.15, -0.1) is 0 Å². The third kappa shape index (κ3) is 2.15. The Labute approximate surface area is 121 Å². The Morgan fingerprint density at radius 1 is 1.05 bits per heavy atom. The van der Waals surface area contributed by atoms with E-state index in [1.54, 1.807) is 0 Å². The molecule has 0 spiro atoms. The average Bonchev–Trinajstić information content (AvgIpc) is 2.93. The van der Waals surface area contributed by atoms with E-state index in [2.05, 4.69) is 8.62 Å². The molecule has 0 saturated heterocycles. The number of hydrogen-bond acceptors (Lipinski definition) is 5. The molecule has 0 amide bonds. The quantitative estimate of drug-likeness (QED) is 0.254. The van der Waals surface area contributed by atoms with E-state index in [0.717, 1.165) is 0 Å². The summed E-state index contributed by atoms with van der Waals surface area (Å²) in [5.74, 6) is -1.35. The van der Waals surface area contributed by atoms with Gasteiger partial charge in [0.2, 0.25) is 13.3 Å². The Morgan fingerprint density at radius 2 is 1.59 bits per heavy atom. The monoisotopic (exact) mass is 447 g/mol. The zero-order valence-corrected chi connectivity index (χ0v) is 15.3. The minimum absolute atomic E-state index is 0.100. The van der Waals surface area contributed by atoms with Crippen molar-refractivity contribution in [3.63, 3.8) is 0 Å². The van der Waals surface area contributed by atoms with E-state index >= 15 is 0 Å². The standard InChI is InChI=1S/C4H6F7N3O2P6/c5-19-4-18(19,3-14)22(10,11)16-21(8,9)17(1-12,2-13)20(6,7)15-19/h1,3,12,14H,4H2/q+2. The van der Waals surface area contributed by atoms with Crippen molar-refractivity contribution in [1.29, 1.82) is 16.1 Å². The van der Waals surface area contributed by atoms with Gasteiger partial charge in [0.05, 0.1) is 22.1 Å². The SMILES string of the molecule is N#CP1(C=N)=P(F)(F)OP2(F)=P(C=N)(C2)[P+](F)(F)O[P+]1(F)F. The van der Waals surface area contributed by atoms with Crippen LogP contribution in [0.1, 0.15) is 0 Å². The molecule has 2 aliphatic rings. The van der Waals surface area contributed by atoms with Gasteiger partial charge in [0, 0.05) is 16.8 Å². The van der Waals surface area contributed by atoms with Crippen molar-refractivity contribution < 1.29 is 38.0 Å². The van der Waals surface area contributed by atoms with E-state index in [-0.39, 0.29) is 5.96 Å². The molecule has 0 bridgehead atoms. The second-order valence-electron chi connectivity index (χ2n) is 4.02. The predicted octanol–water partition coefficient (Wildman–Crippen LogP) is 8.32. The van der Waals surface area contributed by atoms with Crippen molar-refractivity contribution in [3.05, 3.63) is 0 Å². The Kier molecular flexibility index (Phi) is 4.50. The molecule has 5 nitrogen and oxygen atoms in total. The first-order valence-corrected chi connectivity index (χ1v) is 17.9. The molecule has 0 radical (unpaired) electrons. The molecule has 3 atom stereocenters. The molecule has 2 rings (SSSR count). The summed E-state index contributed by atoms with van der Waals surface area (Å²) in [4.78, 5) is 0. The molecule has 126 valence electrons. The third-order valence-corrected chi connectivity index (χ3v) is 36.4. The van der Waals surface area contributed by atoms with E-state index in [0.29, 0.717) is 5.81 Å². The zero-order chi connectivity index (χ0) is 17.2. The zero-order valence-electron chi connectivity index (χ0n) is 9.95. The fraction of sp³-hybridized carbons (Fsp3) is 0.250. The van der Waals surface area contributed by atoms with Crippen LogP contribution in [0.2, 0.25) is 0 Å². The molecule has 2 aliphatic heterocycles. The summed E-state index contributed by atoms with van der Waals surface area (Å²) < 4.78 is 106. The highest BCUT2D eigenvalue weighted by atomic mass is 32.4. The maximum Gasteiger partial charge on any atom is 0.604 e. The number of nitriles is 1. The molecular formula is C4H6F7N3O2P6+2. The third-order valence-electron chi connectivity index (χ3n) is 2.88. The minimum Gasteiger partial charge on any atom is -0.304 e. The molecular weight excluding hydrogens is 441 g/mol. The van der Waals surface area contributed by atoms with Crippen LogP contribution in [0.15, 0.2) is 0 Å². The molecule has 2 heterocycles. The highest BCUT2D eigenvalue weighted by molar-refractivity contribution is 8.72. The molecule has 0 aromatic heterocycles. The maximum atomic E-state index is 14.3. The van der Waals surface area contributed by atoms with Crippen LogP contribution in [0.25, 0.3) is 0 Å². The van der Waals surface area contributed by atoms with Crippen molar-refractivity contribution in [1.82, 2.24) is 0 Å². The first kappa shape index (κ1) is 19.2. The Balaban J connectivity index is 2.97. The Hall–Kier alpha value is 0.840. The summed E-state index contributed by atoms with van der Waals surface area (Å²) >= 11 is 0. The smallest absolute Gasteiger partial charge is 0.304 e. The van der Waals surface area contributed by atoms with Gasteiger partial charge in [-0.05, 0) is 0 Å². The van der Waals surface area contributed by atoms with Gasteiger partial charge in [0.15, 0.2) is 0 Å². The van der Waals surface area contributed by atoms with Crippen molar-refractivity contribution in [2.75, 3.05) is 5.90 Å². The number of nitrogens with zero attached hydrogens (tertiary/aromatic N) is 1. The van der Waals surface area contributed by atoms with E-state index in [1.165, 1.54) is 0 Å². The van der Waals surface area contributed by atoms with Gasteiger partial charge in [-0.25, -0.2) is 0 Å². The highest BCUT2D eigenvalue weighted by Gasteiger charge is 2.88. The van der Waals surface area contributed by atoms with Gasteiger partial charge in [-0.3, -0.25) is 4.31 Å². The van der Waals surface area contributed by atoms with E-state index < -0.39 is 54.4 Å². The Morgan fingerprint density at radius 3 is 2.00 bits per heavy atom. The summed E-state index contributed by atoms with van der Waals surface area (Å²) in [5.41, 5.74) is 0. The average molecular weight is 447 g/mol. The van der Waals surface area contributed by atoms with Crippen LogP contribution in [0.4, 0.5) is 29.4 Å². The first-order chi connectivity index (χ1) is 9.80. The molecule has 0 fully saturated rings. The van der Waals surface area contributed by atoms with Crippen LogP contribution >= 0.6 is 42.6 Å². The number of rotatable bonds is 2. The fourth-order valence-corrected chi connectivity index (χ4v) is 37.6. The van der Waals surface area contributed by atoms with Crippen LogP contribution in [0.3, 0.4) is 0 Å². The van der Waals surface area contributed by atoms with Gasteiger partial charge in [0.1, 0.15) is 5.81 Å². The molecule has 18 heteroatoms. The molecule has 22 heavy (non-hydrogen) atoms. The molecule has 0 aromatic rings. The lowest BCUT2D eigenvalue weighted by molar-refractivity contribution is 0.462. The van der Waals surface area contributed by atoms with E-state index in [1.807, 2.05) is 0 Å². The summed E-state index contributed by atoms with van der Waals surface area (Å²) in [5, 5.41) is 22.3. The molecule has 0 aromatic carbocycles. The fourth-order valence-electron chi connectivity index (χ4n) is 1.57. The minimum atomic E-state index is -6.73. The van der Waals surface area contributed by atoms with Crippen LogP contribution in [0.5, 0.6) is 0 Å². The number of nitrogens with one attached hydrogen (secondary N) is 2. The van der Waals surface area contributed by atoms with Crippen LogP contribution < -0.4 is 0 Å². The van der Waals surface area contributed by atoms with Crippen molar-refractivity contribution >= 4 is 54.5 Å². The summed E-state index contributed by atoms with van der Waals surface area (Å²) in [6.07, 6.45) is -10.3. The summed E-state index contributed by atoms with van der Waals surface area (Å²) in [6, 6.07) is 0. The summed E-state index contributed by atoms with van der Waals surface area (Å²) in [6.45, 7) is 0. The van der Waals surface area contributed by atoms with Crippen LogP contribution in [0, 0.1) is 21.9 Å². The highest BCUT2D eigenvalue weighted by Crippen LogP contribution is 3.22. The molecule has 0 saturated carbocycles. The van der Waals surface area contributed by atoms with Crippen molar-refractivity contribution in [2.45, 2.75) is 0 Å². The van der Waals surface area contributed by atoms with Crippen LogP contribution in [-0.4, -0.2) is 17.8 Å². The van der Waals surface area contributed by atoms with Crippen molar-refractivity contribution in [2.24, 2.45) is 0 Å². The normalized spacial score (nSPS) is 44.6. The second-order valence-corrected chi connectivity index (χ2v) is 29.8. The van der Waals surface area contributed by atoms with Gasteiger partial charge in [-0.2, -0.15) is 17.9 Å². The van der Waals surface area contributed by atoms with Gasteiger partial charge >= 0.3 is 29.2 Å². The van der Waals surface area contributed by atoms with E-state index in [9.17, 15) is 29.4 Å². The van der Waals surface area contributed by atoms with Gasteiger partial charge < -0.3 is 10.8 Å². The lowest BCUT2D eigenvalue weighted by Gasteiger charge is -2.19. The largest absolute Gasteiger partial charge is 0.604 e. The van der Waals surface area contributed by atoms with Crippen LogP contribution in [-0.2, 0) is 8.62 Å². The second kappa shape index (κ2) is 5.17. The molecule has 0 aliphatic carbocycles. The van der Waals surface area contributed by atoms with Crippen molar-refractivity contribution in [3.8, 4) is 5.81 Å². The van der Waals surface area contributed by atoms with E-state index in [4.69, 9.17) is 16.1 Å². The molecule has 2 N–H and O–H groups in total. The Bertz CT molecular complexity index is 780. The summed E-state index contributed by atoms with van der Waals surface area (Å²) in [7, 11) is -24.4.